The van der Waals surface area contributed by atoms with Gasteiger partial charge in [-0.3, -0.25) is 0 Å². The zero-order chi connectivity index (χ0) is 21.9. The van der Waals surface area contributed by atoms with Crippen molar-refractivity contribution in [3.63, 3.8) is 0 Å². The Labute approximate surface area is 188 Å². The van der Waals surface area contributed by atoms with Crippen molar-refractivity contribution in [3.05, 3.63) is 41.1 Å². The van der Waals surface area contributed by atoms with Gasteiger partial charge in [0.1, 0.15) is 0 Å². The van der Waals surface area contributed by atoms with Gasteiger partial charge >= 0.3 is 0 Å². The average Bonchev–Trinajstić information content (AvgIpc) is 2.59. The topological polar surface area (TPSA) is 17.1 Å². The van der Waals surface area contributed by atoms with Crippen molar-refractivity contribution in [1.29, 1.82) is 0 Å². The highest BCUT2D eigenvalue weighted by atomic mass is 29.2. The van der Waals surface area contributed by atoms with Gasteiger partial charge in [0.2, 0.25) is 0 Å². The van der Waals surface area contributed by atoms with Gasteiger partial charge in [0.05, 0.1) is 8.07 Å². The molecule has 5 rings (SSSR count). The first kappa shape index (κ1) is 22.5. The van der Waals surface area contributed by atoms with Gasteiger partial charge in [0.25, 0.3) is 0 Å². The molecule has 1 aromatic carbocycles. The van der Waals surface area contributed by atoms with Crippen molar-refractivity contribution in [2.75, 3.05) is 0 Å². The van der Waals surface area contributed by atoms with E-state index in [0.29, 0.717) is 0 Å². The van der Waals surface area contributed by atoms with Crippen LogP contribution in [-0.4, -0.2) is 29.4 Å². The Morgan fingerprint density at radius 2 is 1.33 bits per heavy atom. The van der Waals surface area contributed by atoms with E-state index in [2.05, 4.69) is 76.5 Å². The SMILES string of the molecule is C/C(=C(/c1ccccc1)[Si](C)(C)C)[Si-](C(=O)C12CC3CC(CC(C3)C1)C2)[Si](C)(C)C. The number of carbonyl (C=O) groups excluding carboxylic acids is 1. The monoisotopic (exact) mass is 453 g/mol. The molecule has 4 bridgehead atoms. The first-order valence-corrected chi connectivity index (χ1v) is 21.6. The number of carbonyl (C=O) groups is 1. The Bertz CT molecular complexity index is 806. The highest BCUT2D eigenvalue weighted by molar-refractivity contribution is 7.45. The molecule has 4 saturated carbocycles. The summed E-state index contributed by atoms with van der Waals surface area (Å²) in [7, 11) is -4.40. The van der Waals surface area contributed by atoms with E-state index in [9.17, 15) is 4.79 Å². The molecule has 0 aromatic heterocycles. The zero-order valence-corrected chi connectivity index (χ0v) is 23.3. The molecule has 0 N–H and O–H groups in total. The van der Waals surface area contributed by atoms with Crippen molar-refractivity contribution < 1.29 is 4.79 Å². The Balaban J connectivity index is 1.81. The summed E-state index contributed by atoms with van der Waals surface area (Å²) in [5, 5.41) is 3.87. The zero-order valence-electron chi connectivity index (χ0n) is 20.3. The fourth-order valence-corrected chi connectivity index (χ4v) is 21.7. The van der Waals surface area contributed by atoms with Crippen LogP contribution in [0.4, 0.5) is 0 Å². The summed E-state index contributed by atoms with van der Waals surface area (Å²) in [5.41, 5.74) is 1.43. The summed E-state index contributed by atoms with van der Waals surface area (Å²) < 4.78 is 0. The highest BCUT2D eigenvalue weighted by Crippen LogP contribution is 2.61. The molecule has 0 unspecified atom stereocenters. The molecular weight excluding hydrogens is 413 g/mol. The van der Waals surface area contributed by atoms with Crippen LogP contribution in [0.25, 0.3) is 5.20 Å². The van der Waals surface area contributed by atoms with E-state index in [-0.39, 0.29) is 5.41 Å². The first-order chi connectivity index (χ1) is 13.9. The van der Waals surface area contributed by atoms with Crippen LogP contribution >= 0.6 is 0 Å². The Morgan fingerprint density at radius 1 is 0.867 bits per heavy atom. The Hall–Kier alpha value is -0.719. The Kier molecular flexibility index (Phi) is 5.77. The highest BCUT2D eigenvalue weighted by Gasteiger charge is 2.53. The van der Waals surface area contributed by atoms with Gasteiger partial charge < -0.3 is 4.79 Å². The summed E-state index contributed by atoms with van der Waals surface area (Å²) >= 11 is 0. The van der Waals surface area contributed by atoms with Crippen LogP contribution in [-0.2, 0) is 4.79 Å². The van der Waals surface area contributed by atoms with Gasteiger partial charge in [-0.05, 0) is 72.7 Å². The summed E-state index contributed by atoms with van der Waals surface area (Å²) in [6.45, 7) is 17.2. The third-order valence-corrected chi connectivity index (χ3v) is 20.3. The molecule has 0 aliphatic heterocycles. The molecule has 4 heteroatoms. The third-order valence-electron chi connectivity index (χ3n) is 8.06. The molecule has 0 radical (unpaired) electrons. The van der Waals surface area contributed by atoms with Gasteiger partial charge in [-0.1, -0.05) is 89.3 Å². The molecule has 1 aromatic rings. The van der Waals surface area contributed by atoms with E-state index in [1.165, 1.54) is 49.3 Å². The number of benzene rings is 1. The molecule has 164 valence electrons. The molecular formula is C26H41OSi3-. The fourth-order valence-electron chi connectivity index (χ4n) is 7.67. The third kappa shape index (κ3) is 4.04. The lowest BCUT2D eigenvalue weighted by molar-refractivity contribution is -0.135. The lowest BCUT2D eigenvalue weighted by Gasteiger charge is -2.61. The standard InChI is InChI=1S/C26H41OSi3/c1-19(24(29(2,3)4)23-11-9-8-10-12-23)28(30(5,6)7)25(27)26-16-20-13-21(17-26)15-22(14-20)18-26/h8-12,20-22H,13-18H2,1-7H3/q-1/b24-19+. The average molecular weight is 454 g/mol. The largest absolute Gasteiger partial charge is 0.340 e. The van der Waals surface area contributed by atoms with Crippen LogP contribution in [0.3, 0.4) is 0 Å². The van der Waals surface area contributed by atoms with Gasteiger partial charge in [0, 0.05) is 0 Å². The summed E-state index contributed by atoms with van der Waals surface area (Å²) in [5.74, 6) is 2.54. The molecule has 4 fully saturated rings. The van der Waals surface area contributed by atoms with Crippen LogP contribution in [0.15, 0.2) is 35.5 Å². The minimum Gasteiger partial charge on any atom is -0.340 e. The quantitative estimate of drug-likeness (QED) is 0.419. The van der Waals surface area contributed by atoms with Crippen molar-refractivity contribution >= 4 is 34.6 Å². The minimum atomic E-state index is -1.62. The molecule has 30 heavy (non-hydrogen) atoms. The normalized spacial score (nSPS) is 31.5. The fraction of sp³-hybridized carbons (Fsp3) is 0.654. The van der Waals surface area contributed by atoms with Gasteiger partial charge in [-0.2, -0.15) is 0 Å². The lowest BCUT2D eigenvalue weighted by atomic mass is 9.50. The van der Waals surface area contributed by atoms with E-state index >= 15 is 0 Å². The molecule has 1 nitrogen and oxygen atoms in total. The number of allylic oxidation sites excluding steroid dienone is 1. The predicted molar refractivity (Wildman–Crippen MR) is 137 cm³/mol. The number of rotatable bonds is 6. The van der Waals surface area contributed by atoms with E-state index in [1.807, 2.05) is 0 Å². The second-order valence-electron chi connectivity index (χ2n) is 12.8. The summed E-state index contributed by atoms with van der Waals surface area (Å²) in [4.78, 5) is 14.6. The summed E-state index contributed by atoms with van der Waals surface area (Å²) in [6.07, 6.45) is 7.91. The van der Waals surface area contributed by atoms with Crippen LogP contribution in [0.1, 0.15) is 51.0 Å². The van der Waals surface area contributed by atoms with Crippen LogP contribution in [0.2, 0.25) is 39.3 Å². The number of hydrogen-bond donors (Lipinski definition) is 0. The maximum absolute atomic E-state index is 14.6. The minimum absolute atomic E-state index is 0.0474. The smallest absolute Gasteiger partial charge is 0.0744 e. The molecule has 0 atom stereocenters. The van der Waals surface area contributed by atoms with E-state index < -0.39 is 24.0 Å². The molecule has 4 aliphatic rings. The second-order valence-corrected chi connectivity index (χ2v) is 30.2. The van der Waals surface area contributed by atoms with E-state index in [4.69, 9.17) is 0 Å². The van der Waals surface area contributed by atoms with Crippen molar-refractivity contribution in [1.82, 2.24) is 0 Å². The predicted octanol–water partition coefficient (Wildman–Crippen LogP) is 7.11. The van der Waals surface area contributed by atoms with Crippen molar-refractivity contribution in [3.8, 4) is 0 Å². The van der Waals surface area contributed by atoms with Gasteiger partial charge in [-0.25, -0.2) is 13.5 Å². The van der Waals surface area contributed by atoms with Gasteiger partial charge in [-0.15, -0.1) is 0 Å². The van der Waals surface area contributed by atoms with Crippen LogP contribution < -0.4 is 0 Å². The molecule has 0 amide bonds. The second kappa shape index (κ2) is 7.70. The maximum Gasteiger partial charge on any atom is 0.0744 e. The van der Waals surface area contributed by atoms with Crippen molar-refractivity contribution in [2.24, 2.45) is 23.2 Å². The molecule has 0 heterocycles. The Morgan fingerprint density at radius 3 is 1.73 bits per heavy atom. The summed E-state index contributed by atoms with van der Waals surface area (Å²) in [6, 6.07) is 11.0. The van der Waals surface area contributed by atoms with Gasteiger partial charge in [0.15, 0.2) is 0 Å². The van der Waals surface area contributed by atoms with E-state index in [1.54, 1.807) is 5.20 Å². The maximum atomic E-state index is 14.6. The lowest BCUT2D eigenvalue weighted by Crippen LogP contribution is -2.60. The molecule has 0 saturated heterocycles. The van der Waals surface area contributed by atoms with Crippen LogP contribution in [0, 0.1) is 23.2 Å². The molecule has 4 aliphatic carbocycles. The number of hydrogen-bond acceptors (Lipinski definition) is 1. The van der Waals surface area contributed by atoms with Crippen molar-refractivity contribution in [2.45, 2.75) is 84.7 Å². The van der Waals surface area contributed by atoms with Crippen LogP contribution in [0.5, 0.6) is 0 Å². The first-order valence-electron chi connectivity index (χ1n) is 12.1. The van der Waals surface area contributed by atoms with E-state index in [0.717, 1.165) is 23.2 Å². The molecule has 0 spiro atoms.